The Kier molecular flexibility index (Phi) is 5.17. The zero-order valence-electron chi connectivity index (χ0n) is 13.0. The maximum Gasteiger partial charge on any atom is 0.135 e. The molecule has 112 valence electrons. The molecule has 0 aliphatic carbocycles. The Labute approximate surface area is 121 Å². The number of aromatic nitrogens is 2. The highest BCUT2D eigenvalue weighted by Crippen LogP contribution is 2.23. The van der Waals surface area contributed by atoms with Gasteiger partial charge in [0.1, 0.15) is 17.5 Å². The van der Waals surface area contributed by atoms with E-state index in [0.717, 1.165) is 50.2 Å². The summed E-state index contributed by atoms with van der Waals surface area (Å²) in [6.07, 6.45) is 1.09. The van der Waals surface area contributed by atoms with E-state index in [1.807, 2.05) is 0 Å². The molecule has 1 aromatic heterocycles. The summed E-state index contributed by atoms with van der Waals surface area (Å²) in [5.74, 6) is 3.17. The van der Waals surface area contributed by atoms with Gasteiger partial charge in [-0.25, -0.2) is 9.97 Å². The first-order chi connectivity index (χ1) is 9.61. The molecule has 0 spiro atoms. The van der Waals surface area contributed by atoms with Gasteiger partial charge in [0.15, 0.2) is 0 Å². The summed E-state index contributed by atoms with van der Waals surface area (Å²) in [6, 6.07) is 2.42. The molecule has 20 heavy (non-hydrogen) atoms. The summed E-state index contributed by atoms with van der Waals surface area (Å²) >= 11 is 0. The molecule has 1 N–H and O–H groups in total. The van der Waals surface area contributed by atoms with Crippen LogP contribution in [0.4, 0.5) is 11.6 Å². The van der Waals surface area contributed by atoms with Crippen molar-refractivity contribution in [3.8, 4) is 0 Å². The van der Waals surface area contributed by atoms with Crippen molar-refractivity contribution in [2.75, 3.05) is 36.5 Å². The summed E-state index contributed by atoms with van der Waals surface area (Å²) in [6.45, 7) is 12.0. The number of anilines is 2. The average Bonchev–Trinajstić information content (AvgIpc) is 2.45. The fourth-order valence-electron chi connectivity index (χ4n) is 2.27. The Balaban J connectivity index is 2.27. The zero-order valence-corrected chi connectivity index (χ0v) is 13.0. The summed E-state index contributed by atoms with van der Waals surface area (Å²) in [5.41, 5.74) is 0. The molecular weight excluding hydrogens is 252 g/mol. The van der Waals surface area contributed by atoms with Gasteiger partial charge in [-0.2, -0.15) is 0 Å². The van der Waals surface area contributed by atoms with Gasteiger partial charge in [0.05, 0.1) is 19.3 Å². The standard InChI is InChI=1S/C15H26N4O/c1-5-6-16-13-9-14(18-15(17-13)11(2)3)19-7-8-20-10-12(19)4/h9,11-12H,5-8,10H2,1-4H3,(H,16,17,18). The number of rotatable bonds is 5. The van der Waals surface area contributed by atoms with Crippen LogP contribution in [0.15, 0.2) is 6.07 Å². The Bertz CT molecular complexity index is 436. The van der Waals surface area contributed by atoms with Crippen LogP contribution in [-0.4, -0.2) is 42.3 Å². The van der Waals surface area contributed by atoms with Crippen molar-refractivity contribution in [2.24, 2.45) is 0 Å². The molecule has 2 heterocycles. The molecule has 0 aromatic carbocycles. The third kappa shape index (κ3) is 3.60. The second-order valence-electron chi connectivity index (χ2n) is 5.67. The maximum atomic E-state index is 5.51. The third-order valence-corrected chi connectivity index (χ3v) is 3.46. The Hall–Kier alpha value is -1.36. The van der Waals surface area contributed by atoms with Gasteiger partial charge in [0.2, 0.25) is 0 Å². The van der Waals surface area contributed by atoms with Gasteiger partial charge >= 0.3 is 0 Å². The van der Waals surface area contributed by atoms with Crippen LogP contribution in [0.1, 0.15) is 45.9 Å². The van der Waals surface area contributed by atoms with Crippen LogP contribution in [0, 0.1) is 0 Å². The molecule has 1 aliphatic heterocycles. The minimum absolute atomic E-state index is 0.327. The lowest BCUT2D eigenvalue weighted by Gasteiger charge is -2.34. The lowest BCUT2D eigenvalue weighted by molar-refractivity contribution is 0.0985. The molecule has 0 radical (unpaired) electrons. The van der Waals surface area contributed by atoms with E-state index in [2.05, 4.69) is 49.0 Å². The largest absolute Gasteiger partial charge is 0.377 e. The van der Waals surface area contributed by atoms with Crippen molar-refractivity contribution in [2.45, 2.75) is 46.1 Å². The van der Waals surface area contributed by atoms with E-state index in [-0.39, 0.29) is 0 Å². The molecule has 1 aliphatic rings. The Morgan fingerprint density at radius 2 is 2.25 bits per heavy atom. The fraction of sp³-hybridized carbons (Fsp3) is 0.733. The minimum atomic E-state index is 0.327. The predicted octanol–water partition coefficient (Wildman–Crippen LogP) is 2.65. The first-order valence-corrected chi connectivity index (χ1v) is 7.59. The first kappa shape index (κ1) is 15.0. The van der Waals surface area contributed by atoms with Crippen molar-refractivity contribution in [3.63, 3.8) is 0 Å². The summed E-state index contributed by atoms with van der Waals surface area (Å²) < 4.78 is 5.51. The van der Waals surface area contributed by atoms with Gasteiger partial charge < -0.3 is 15.0 Å². The number of hydrogen-bond donors (Lipinski definition) is 1. The molecule has 5 nitrogen and oxygen atoms in total. The summed E-state index contributed by atoms with van der Waals surface area (Å²) in [5, 5.41) is 3.37. The normalized spacial score (nSPS) is 19.4. The molecular formula is C15H26N4O. The predicted molar refractivity (Wildman–Crippen MR) is 82.5 cm³/mol. The van der Waals surface area contributed by atoms with Crippen LogP contribution in [0.2, 0.25) is 0 Å². The number of ether oxygens (including phenoxy) is 1. The molecule has 1 saturated heterocycles. The van der Waals surface area contributed by atoms with Gasteiger partial charge in [-0.3, -0.25) is 0 Å². The quantitative estimate of drug-likeness (QED) is 0.897. The van der Waals surface area contributed by atoms with E-state index in [1.54, 1.807) is 0 Å². The van der Waals surface area contributed by atoms with Gasteiger partial charge in [-0.15, -0.1) is 0 Å². The molecule has 0 saturated carbocycles. The van der Waals surface area contributed by atoms with Crippen LogP contribution < -0.4 is 10.2 Å². The second kappa shape index (κ2) is 6.88. The molecule has 5 heteroatoms. The highest BCUT2D eigenvalue weighted by atomic mass is 16.5. The average molecular weight is 278 g/mol. The van der Waals surface area contributed by atoms with Crippen LogP contribution in [-0.2, 0) is 4.74 Å². The lowest BCUT2D eigenvalue weighted by atomic mass is 10.2. The van der Waals surface area contributed by atoms with Crippen molar-refractivity contribution >= 4 is 11.6 Å². The van der Waals surface area contributed by atoms with Crippen molar-refractivity contribution in [1.29, 1.82) is 0 Å². The van der Waals surface area contributed by atoms with Gasteiger partial charge in [-0.05, 0) is 13.3 Å². The van der Waals surface area contributed by atoms with Crippen molar-refractivity contribution in [3.05, 3.63) is 11.9 Å². The zero-order chi connectivity index (χ0) is 14.5. The summed E-state index contributed by atoms with van der Waals surface area (Å²) in [7, 11) is 0. The van der Waals surface area contributed by atoms with E-state index in [4.69, 9.17) is 9.72 Å². The first-order valence-electron chi connectivity index (χ1n) is 7.59. The fourth-order valence-corrected chi connectivity index (χ4v) is 2.27. The molecule has 1 fully saturated rings. The molecule has 0 amide bonds. The monoisotopic (exact) mass is 278 g/mol. The minimum Gasteiger partial charge on any atom is -0.377 e. The van der Waals surface area contributed by atoms with E-state index in [0.29, 0.717) is 12.0 Å². The van der Waals surface area contributed by atoms with Gasteiger partial charge in [0, 0.05) is 25.1 Å². The number of hydrogen-bond acceptors (Lipinski definition) is 5. The van der Waals surface area contributed by atoms with Crippen molar-refractivity contribution < 1.29 is 4.74 Å². The van der Waals surface area contributed by atoms with E-state index in [1.165, 1.54) is 0 Å². The second-order valence-corrected chi connectivity index (χ2v) is 5.67. The van der Waals surface area contributed by atoms with Crippen LogP contribution in [0.25, 0.3) is 0 Å². The third-order valence-electron chi connectivity index (χ3n) is 3.46. The van der Waals surface area contributed by atoms with Crippen LogP contribution >= 0.6 is 0 Å². The molecule has 1 aromatic rings. The highest BCUT2D eigenvalue weighted by Gasteiger charge is 2.21. The SMILES string of the molecule is CCCNc1cc(N2CCOCC2C)nc(C(C)C)n1. The number of nitrogens with one attached hydrogen (secondary N) is 1. The summed E-state index contributed by atoms with van der Waals surface area (Å²) in [4.78, 5) is 11.7. The molecule has 0 bridgehead atoms. The van der Waals surface area contributed by atoms with E-state index >= 15 is 0 Å². The van der Waals surface area contributed by atoms with Gasteiger partial charge in [-0.1, -0.05) is 20.8 Å². The van der Waals surface area contributed by atoms with E-state index in [9.17, 15) is 0 Å². The van der Waals surface area contributed by atoms with Gasteiger partial charge in [0.25, 0.3) is 0 Å². The van der Waals surface area contributed by atoms with Crippen LogP contribution in [0.5, 0.6) is 0 Å². The molecule has 1 unspecified atom stereocenters. The smallest absolute Gasteiger partial charge is 0.135 e. The van der Waals surface area contributed by atoms with E-state index < -0.39 is 0 Å². The molecule has 1 atom stereocenters. The highest BCUT2D eigenvalue weighted by molar-refractivity contribution is 5.50. The topological polar surface area (TPSA) is 50.3 Å². The Morgan fingerprint density at radius 3 is 2.90 bits per heavy atom. The lowest BCUT2D eigenvalue weighted by Crippen LogP contribution is -2.44. The van der Waals surface area contributed by atoms with Crippen LogP contribution in [0.3, 0.4) is 0 Å². The molecule has 2 rings (SSSR count). The number of nitrogens with zero attached hydrogens (tertiary/aromatic N) is 3. The maximum absolute atomic E-state index is 5.51. The number of morpholine rings is 1. The van der Waals surface area contributed by atoms with Crippen molar-refractivity contribution in [1.82, 2.24) is 9.97 Å². The Morgan fingerprint density at radius 1 is 1.45 bits per heavy atom.